The van der Waals surface area contributed by atoms with Crippen LogP contribution in [0.3, 0.4) is 0 Å². The van der Waals surface area contributed by atoms with Gasteiger partial charge in [-0.05, 0) is 38.1 Å². The van der Waals surface area contributed by atoms with Crippen LogP contribution >= 0.6 is 11.3 Å². The van der Waals surface area contributed by atoms with E-state index >= 15 is 0 Å². The molecule has 0 spiro atoms. The van der Waals surface area contributed by atoms with Gasteiger partial charge in [0.25, 0.3) is 5.69 Å². The molecule has 0 fully saturated rings. The first kappa shape index (κ1) is 14.3. The van der Waals surface area contributed by atoms with E-state index in [0.29, 0.717) is 24.6 Å². The molecule has 2 rings (SSSR count). The summed E-state index contributed by atoms with van der Waals surface area (Å²) in [5, 5.41) is 14.2. The lowest BCUT2D eigenvalue weighted by Gasteiger charge is -2.08. The highest BCUT2D eigenvalue weighted by molar-refractivity contribution is 7.11. The maximum Gasteiger partial charge on any atom is 0.296 e. The van der Waals surface area contributed by atoms with Crippen LogP contribution in [0.25, 0.3) is 0 Å². The molecule has 0 radical (unpaired) electrons. The van der Waals surface area contributed by atoms with E-state index in [1.54, 1.807) is 23.5 Å². The van der Waals surface area contributed by atoms with Gasteiger partial charge >= 0.3 is 0 Å². The molecule has 0 saturated carbocycles. The Morgan fingerprint density at radius 3 is 2.75 bits per heavy atom. The van der Waals surface area contributed by atoms with E-state index in [2.05, 4.69) is 5.32 Å². The summed E-state index contributed by atoms with van der Waals surface area (Å²) in [5.41, 5.74) is 0.536. The van der Waals surface area contributed by atoms with Crippen molar-refractivity contribution in [1.82, 2.24) is 0 Å². The summed E-state index contributed by atoms with van der Waals surface area (Å²) in [6.07, 6.45) is 0. The Morgan fingerprint density at radius 1 is 1.35 bits per heavy atom. The van der Waals surface area contributed by atoms with Crippen LogP contribution in [0.1, 0.15) is 16.7 Å². The highest BCUT2D eigenvalue weighted by Gasteiger charge is 2.15. The van der Waals surface area contributed by atoms with Gasteiger partial charge in [0, 0.05) is 16.3 Å². The molecule has 0 aliphatic rings. The lowest BCUT2D eigenvalue weighted by atomic mass is 10.2. The Bertz CT molecular complexity index is 610. The standard InChI is InChI=1S/C14H16N2O3S/c1-3-19-11-5-7-13(14(8-11)16(17)18)15-9-12-6-4-10(2)20-12/h4-8,15H,3,9H2,1-2H3. The molecule has 0 atom stereocenters. The molecule has 0 aliphatic carbocycles. The van der Waals surface area contributed by atoms with E-state index in [0.717, 1.165) is 4.88 Å². The lowest BCUT2D eigenvalue weighted by molar-refractivity contribution is -0.384. The SMILES string of the molecule is CCOc1ccc(NCc2ccc(C)s2)c([N+](=O)[O-])c1. The molecule has 20 heavy (non-hydrogen) atoms. The van der Waals surface area contributed by atoms with Crippen molar-refractivity contribution in [1.29, 1.82) is 0 Å². The molecular weight excluding hydrogens is 276 g/mol. The fourth-order valence-electron chi connectivity index (χ4n) is 1.83. The maximum atomic E-state index is 11.1. The minimum atomic E-state index is -0.398. The van der Waals surface area contributed by atoms with Crippen LogP contribution in [0.15, 0.2) is 30.3 Å². The number of thiophene rings is 1. The normalized spacial score (nSPS) is 10.3. The summed E-state index contributed by atoms with van der Waals surface area (Å²) in [4.78, 5) is 13.1. The lowest BCUT2D eigenvalue weighted by Crippen LogP contribution is -2.02. The highest BCUT2D eigenvalue weighted by Crippen LogP contribution is 2.30. The molecular formula is C14H16N2O3S. The second kappa shape index (κ2) is 6.38. The molecule has 0 aliphatic heterocycles. The zero-order valence-electron chi connectivity index (χ0n) is 11.4. The number of nitro groups is 1. The van der Waals surface area contributed by atoms with E-state index in [-0.39, 0.29) is 5.69 Å². The van der Waals surface area contributed by atoms with Crippen molar-refractivity contribution in [2.45, 2.75) is 20.4 Å². The molecule has 0 amide bonds. The van der Waals surface area contributed by atoms with Gasteiger partial charge in [-0.3, -0.25) is 10.1 Å². The number of anilines is 1. The number of ether oxygens (including phenoxy) is 1. The van der Waals surface area contributed by atoms with Crippen molar-refractivity contribution in [3.05, 3.63) is 50.2 Å². The number of benzene rings is 1. The molecule has 5 nitrogen and oxygen atoms in total. The van der Waals surface area contributed by atoms with E-state index in [4.69, 9.17) is 4.74 Å². The van der Waals surface area contributed by atoms with Crippen molar-refractivity contribution in [2.75, 3.05) is 11.9 Å². The second-order valence-electron chi connectivity index (χ2n) is 4.23. The van der Waals surface area contributed by atoms with Crippen molar-refractivity contribution in [2.24, 2.45) is 0 Å². The van der Waals surface area contributed by atoms with Crippen LogP contribution in [-0.4, -0.2) is 11.5 Å². The van der Waals surface area contributed by atoms with Gasteiger partial charge in [-0.25, -0.2) is 0 Å². The predicted octanol–water partition coefficient (Wildman–Crippen LogP) is 3.98. The van der Waals surface area contributed by atoms with Gasteiger partial charge in [0.1, 0.15) is 11.4 Å². The summed E-state index contributed by atoms with van der Waals surface area (Å²) in [6, 6.07) is 8.93. The van der Waals surface area contributed by atoms with Crippen molar-refractivity contribution in [3.63, 3.8) is 0 Å². The molecule has 0 saturated heterocycles. The molecule has 1 N–H and O–H groups in total. The monoisotopic (exact) mass is 292 g/mol. The third-order valence-electron chi connectivity index (χ3n) is 2.73. The smallest absolute Gasteiger partial charge is 0.296 e. The highest BCUT2D eigenvalue weighted by atomic mass is 32.1. The molecule has 0 unspecified atom stereocenters. The van der Waals surface area contributed by atoms with Gasteiger partial charge in [0.2, 0.25) is 0 Å². The molecule has 1 aromatic carbocycles. The number of nitro benzene ring substituents is 1. The Hall–Kier alpha value is -2.08. The fourth-order valence-corrected chi connectivity index (χ4v) is 2.66. The minimum absolute atomic E-state index is 0.0317. The van der Waals surface area contributed by atoms with E-state index in [1.807, 2.05) is 26.0 Å². The van der Waals surface area contributed by atoms with Gasteiger partial charge in [0.15, 0.2) is 0 Å². The number of aryl methyl sites for hydroxylation is 1. The Kier molecular flexibility index (Phi) is 4.57. The summed E-state index contributed by atoms with van der Waals surface area (Å²) in [6.45, 7) is 4.94. The zero-order chi connectivity index (χ0) is 14.5. The van der Waals surface area contributed by atoms with E-state index in [9.17, 15) is 10.1 Å². The van der Waals surface area contributed by atoms with Gasteiger partial charge in [0.05, 0.1) is 17.6 Å². The summed E-state index contributed by atoms with van der Waals surface area (Å²) < 4.78 is 5.29. The number of rotatable bonds is 6. The predicted molar refractivity (Wildman–Crippen MR) is 80.6 cm³/mol. The first-order valence-electron chi connectivity index (χ1n) is 6.30. The Labute approximate surface area is 121 Å². The summed E-state index contributed by atoms with van der Waals surface area (Å²) in [5.74, 6) is 0.511. The molecule has 106 valence electrons. The average molecular weight is 292 g/mol. The van der Waals surface area contributed by atoms with Crippen molar-refractivity contribution in [3.8, 4) is 5.75 Å². The van der Waals surface area contributed by atoms with Crippen LogP contribution in [0.5, 0.6) is 5.75 Å². The topological polar surface area (TPSA) is 64.4 Å². The van der Waals surface area contributed by atoms with Crippen molar-refractivity contribution < 1.29 is 9.66 Å². The average Bonchev–Trinajstić information content (AvgIpc) is 2.83. The summed E-state index contributed by atoms with van der Waals surface area (Å²) in [7, 11) is 0. The molecule has 2 aromatic rings. The van der Waals surface area contributed by atoms with Gasteiger partial charge in [-0.15, -0.1) is 11.3 Å². The first-order chi connectivity index (χ1) is 9.60. The third kappa shape index (κ3) is 3.48. The molecule has 1 heterocycles. The van der Waals surface area contributed by atoms with Crippen LogP contribution in [-0.2, 0) is 6.54 Å². The minimum Gasteiger partial charge on any atom is -0.494 e. The van der Waals surface area contributed by atoms with Crippen LogP contribution in [0.4, 0.5) is 11.4 Å². The van der Waals surface area contributed by atoms with E-state index < -0.39 is 4.92 Å². The maximum absolute atomic E-state index is 11.1. The van der Waals surface area contributed by atoms with Gasteiger partial charge < -0.3 is 10.1 Å². The zero-order valence-corrected chi connectivity index (χ0v) is 12.2. The largest absolute Gasteiger partial charge is 0.494 e. The van der Waals surface area contributed by atoms with Crippen LogP contribution in [0.2, 0.25) is 0 Å². The number of hydrogen-bond donors (Lipinski definition) is 1. The number of nitrogens with zero attached hydrogens (tertiary/aromatic N) is 1. The first-order valence-corrected chi connectivity index (χ1v) is 7.12. The molecule has 1 aromatic heterocycles. The van der Waals surface area contributed by atoms with E-state index in [1.165, 1.54) is 10.9 Å². The van der Waals surface area contributed by atoms with Gasteiger partial charge in [-0.2, -0.15) is 0 Å². The molecule has 0 bridgehead atoms. The number of hydrogen-bond acceptors (Lipinski definition) is 5. The number of nitrogens with one attached hydrogen (secondary N) is 1. The quantitative estimate of drug-likeness (QED) is 0.646. The van der Waals surface area contributed by atoms with Crippen LogP contribution < -0.4 is 10.1 Å². The third-order valence-corrected chi connectivity index (χ3v) is 3.73. The Morgan fingerprint density at radius 2 is 2.15 bits per heavy atom. The van der Waals surface area contributed by atoms with Crippen LogP contribution in [0, 0.1) is 17.0 Å². The van der Waals surface area contributed by atoms with Crippen molar-refractivity contribution >= 4 is 22.7 Å². The Balaban J connectivity index is 2.15. The fraction of sp³-hybridized carbons (Fsp3) is 0.286. The summed E-state index contributed by atoms with van der Waals surface area (Å²) >= 11 is 1.68. The second-order valence-corrected chi connectivity index (χ2v) is 5.61. The molecule has 6 heteroatoms. The van der Waals surface area contributed by atoms with Gasteiger partial charge in [-0.1, -0.05) is 0 Å².